The van der Waals surface area contributed by atoms with Crippen molar-refractivity contribution in [3.63, 3.8) is 0 Å². The van der Waals surface area contributed by atoms with Crippen LogP contribution in [0.5, 0.6) is 0 Å². The first-order chi connectivity index (χ1) is 6.11. The summed E-state index contributed by atoms with van der Waals surface area (Å²) in [5, 5.41) is 0. The average molecular weight is 187 g/mol. The van der Waals surface area contributed by atoms with Crippen LogP contribution in [-0.2, 0) is 4.74 Å². The Bertz CT molecular complexity index is 111. The van der Waals surface area contributed by atoms with Gasteiger partial charge in [0.25, 0.3) is 0 Å². The topological polar surface area (TPSA) is 35.2 Å². The SMILES string of the molecule is CCC(OC)C(N)CCCC(C)C. The zero-order chi connectivity index (χ0) is 10.3. The fourth-order valence-electron chi connectivity index (χ4n) is 1.59. The normalized spacial score (nSPS) is 16.2. The lowest BCUT2D eigenvalue weighted by Crippen LogP contribution is -2.35. The van der Waals surface area contributed by atoms with E-state index in [1.165, 1.54) is 12.8 Å². The highest BCUT2D eigenvalue weighted by molar-refractivity contribution is 4.71. The van der Waals surface area contributed by atoms with Crippen molar-refractivity contribution in [2.45, 2.75) is 58.6 Å². The lowest BCUT2D eigenvalue weighted by molar-refractivity contribution is 0.0737. The van der Waals surface area contributed by atoms with Crippen LogP contribution in [0.1, 0.15) is 46.5 Å². The highest BCUT2D eigenvalue weighted by atomic mass is 16.5. The molecule has 0 saturated heterocycles. The summed E-state index contributed by atoms with van der Waals surface area (Å²) < 4.78 is 5.29. The highest BCUT2D eigenvalue weighted by Gasteiger charge is 2.14. The number of rotatable bonds is 7. The van der Waals surface area contributed by atoms with Gasteiger partial charge in [0.2, 0.25) is 0 Å². The fraction of sp³-hybridized carbons (Fsp3) is 1.00. The van der Waals surface area contributed by atoms with Crippen molar-refractivity contribution >= 4 is 0 Å². The van der Waals surface area contributed by atoms with Crippen LogP contribution in [0.2, 0.25) is 0 Å². The maximum Gasteiger partial charge on any atom is 0.0719 e. The maximum atomic E-state index is 6.00. The zero-order valence-corrected chi connectivity index (χ0v) is 9.55. The molecule has 2 atom stereocenters. The smallest absolute Gasteiger partial charge is 0.0719 e. The van der Waals surface area contributed by atoms with E-state index in [0.717, 1.165) is 18.8 Å². The summed E-state index contributed by atoms with van der Waals surface area (Å²) in [5.41, 5.74) is 6.00. The molecule has 2 heteroatoms. The number of ether oxygens (including phenoxy) is 1. The molecule has 80 valence electrons. The van der Waals surface area contributed by atoms with Crippen molar-refractivity contribution in [1.29, 1.82) is 0 Å². The molecule has 2 N–H and O–H groups in total. The molecule has 0 amide bonds. The molecule has 0 spiro atoms. The van der Waals surface area contributed by atoms with E-state index < -0.39 is 0 Å². The predicted octanol–water partition coefficient (Wildman–Crippen LogP) is 2.57. The number of hydrogen-bond donors (Lipinski definition) is 1. The van der Waals surface area contributed by atoms with E-state index in [-0.39, 0.29) is 12.1 Å². The molecule has 0 aromatic heterocycles. The second-order valence-electron chi connectivity index (χ2n) is 4.17. The predicted molar refractivity (Wildman–Crippen MR) is 57.8 cm³/mol. The molecule has 0 aliphatic carbocycles. The first kappa shape index (κ1) is 12.9. The van der Waals surface area contributed by atoms with E-state index in [1.807, 2.05) is 0 Å². The molecule has 0 radical (unpaired) electrons. The van der Waals surface area contributed by atoms with Crippen molar-refractivity contribution in [2.75, 3.05) is 7.11 Å². The Kier molecular flexibility index (Phi) is 7.29. The second kappa shape index (κ2) is 7.34. The molecular formula is C11H25NO. The summed E-state index contributed by atoms with van der Waals surface area (Å²) in [6, 6.07) is 0.216. The molecule has 2 unspecified atom stereocenters. The summed E-state index contributed by atoms with van der Waals surface area (Å²) in [5.74, 6) is 0.787. The van der Waals surface area contributed by atoms with Crippen molar-refractivity contribution < 1.29 is 4.74 Å². The summed E-state index contributed by atoms with van der Waals surface area (Å²) in [6.07, 6.45) is 4.84. The van der Waals surface area contributed by atoms with Crippen molar-refractivity contribution in [1.82, 2.24) is 0 Å². The van der Waals surface area contributed by atoms with Crippen LogP contribution in [-0.4, -0.2) is 19.3 Å². The van der Waals surface area contributed by atoms with Crippen LogP contribution in [0.4, 0.5) is 0 Å². The number of methoxy groups -OCH3 is 1. The van der Waals surface area contributed by atoms with Gasteiger partial charge in [0.15, 0.2) is 0 Å². The van der Waals surface area contributed by atoms with Gasteiger partial charge in [-0.2, -0.15) is 0 Å². The van der Waals surface area contributed by atoms with Crippen LogP contribution in [0.15, 0.2) is 0 Å². The average Bonchev–Trinajstić information content (AvgIpc) is 2.05. The van der Waals surface area contributed by atoms with Gasteiger partial charge in [0.05, 0.1) is 6.10 Å². The first-order valence-electron chi connectivity index (χ1n) is 5.40. The summed E-state index contributed by atoms with van der Waals surface area (Å²) in [4.78, 5) is 0. The van der Waals surface area contributed by atoms with Crippen LogP contribution >= 0.6 is 0 Å². The Morgan fingerprint density at radius 3 is 2.23 bits per heavy atom. The van der Waals surface area contributed by atoms with Gasteiger partial charge in [0, 0.05) is 13.2 Å². The lowest BCUT2D eigenvalue weighted by Gasteiger charge is -2.21. The molecule has 2 nitrogen and oxygen atoms in total. The summed E-state index contributed by atoms with van der Waals surface area (Å²) in [7, 11) is 1.75. The minimum atomic E-state index is 0.216. The Balaban J connectivity index is 3.53. The molecule has 0 bridgehead atoms. The minimum absolute atomic E-state index is 0.216. The summed E-state index contributed by atoms with van der Waals surface area (Å²) in [6.45, 7) is 6.62. The van der Waals surface area contributed by atoms with Crippen molar-refractivity contribution in [3.05, 3.63) is 0 Å². The third-order valence-corrected chi connectivity index (χ3v) is 2.50. The van der Waals surface area contributed by atoms with Crippen LogP contribution < -0.4 is 5.73 Å². The van der Waals surface area contributed by atoms with Gasteiger partial charge >= 0.3 is 0 Å². The molecule has 0 aromatic rings. The van der Waals surface area contributed by atoms with E-state index in [0.29, 0.717) is 0 Å². The van der Waals surface area contributed by atoms with Gasteiger partial charge in [0.1, 0.15) is 0 Å². The van der Waals surface area contributed by atoms with E-state index in [1.54, 1.807) is 7.11 Å². The van der Waals surface area contributed by atoms with Gasteiger partial charge in [-0.25, -0.2) is 0 Å². The van der Waals surface area contributed by atoms with Crippen LogP contribution in [0.3, 0.4) is 0 Å². The second-order valence-corrected chi connectivity index (χ2v) is 4.17. The van der Waals surface area contributed by atoms with E-state index in [2.05, 4.69) is 20.8 Å². The summed E-state index contributed by atoms with van der Waals surface area (Å²) >= 11 is 0. The van der Waals surface area contributed by atoms with Crippen LogP contribution in [0.25, 0.3) is 0 Å². The standard InChI is InChI=1S/C11H25NO/c1-5-11(13-4)10(12)8-6-7-9(2)3/h9-11H,5-8,12H2,1-4H3. The largest absolute Gasteiger partial charge is 0.380 e. The maximum absolute atomic E-state index is 6.00. The molecule has 0 saturated carbocycles. The highest BCUT2D eigenvalue weighted by Crippen LogP contribution is 2.11. The van der Waals surface area contributed by atoms with Crippen molar-refractivity contribution in [3.8, 4) is 0 Å². The van der Waals surface area contributed by atoms with Gasteiger partial charge in [-0.1, -0.05) is 33.6 Å². The van der Waals surface area contributed by atoms with Gasteiger partial charge in [-0.3, -0.25) is 0 Å². The Hall–Kier alpha value is -0.0800. The first-order valence-corrected chi connectivity index (χ1v) is 5.40. The molecule has 0 heterocycles. The molecule has 0 aliphatic heterocycles. The zero-order valence-electron chi connectivity index (χ0n) is 9.55. The minimum Gasteiger partial charge on any atom is -0.380 e. The van der Waals surface area contributed by atoms with Gasteiger partial charge in [-0.15, -0.1) is 0 Å². The molecule has 0 aromatic carbocycles. The molecule has 13 heavy (non-hydrogen) atoms. The van der Waals surface area contributed by atoms with E-state index >= 15 is 0 Å². The molecule has 0 fully saturated rings. The third kappa shape index (κ3) is 6.05. The molecular weight excluding hydrogens is 162 g/mol. The Labute approximate surface area is 82.8 Å². The monoisotopic (exact) mass is 187 g/mol. The van der Waals surface area contributed by atoms with Gasteiger partial charge in [-0.05, 0) is 18.8 Å². The van der Waals surface area contributed by atoms with Crippen LogP contribution in [0, 0.1) is 5.92 Å². The number of nitrogens with two attached hydrogens (primary N) is 1. The van der Waals surface area contributed by atoms with E-state index in [9.17, 15) is 0 Å². The van der Waals surface area contributed by atoms with E-state index in [4.69, 9.17) is 10.5 Å². The van der Waals surface area contributed by atoms with Crippen molar-refractivity contribution in [2.24, 2.45) is 11.7 Å². The molecule has 0 rings (SSSR count). The molecule has 0 aliphatic rings. The quantitative estimate of drug-likeness (QED) is 0.665. The lowest BCUT2D eigenvalue weighted by atomic mass is 9.99. The Morgan fingerprint density at radius 1 is 1.23 bits per heavy atom. The van der Waals surface area contributed by atoms with Gasteiger partial charge < -0.3 is 10.5 Å². The Morgan fingerprint density at radius 2 is 1.85 bits per heavy atom. The fourth-order valence-corrected chi connectivity index (χ4v) is 1.59. The number of hydrogen-bond acceptors (Lipinski definition) is 2. The third-order valence-electron chi connectivity index (χ3n) is 2.50.